The summed E-state index contributed by atoms with van der Waals surface area (Å²) in [5.41, 5.74) is 0.760. The summed E-state index contributed by atoms with van der Waals surface area (Å²) < 4.78 is 10.7. The number of rotatable bonds is 1. The third-order valence-corrected chi connectivity index (χ3v) is 2.66. The van der Waals surface area contributed by atoms with Crippen molar-refractivity contribution in [2.75, 3.05) is 7.11 Å². The minimum atomic E-state index is -0.0722. The van der Waals surface area contributed by atoms with Gasteiger partial charge in [-0.2, -0.15) is 0 Å². The quantitative estimate of drug-likeness (QED) is 0.599. The van der Waals surface area contributed by atoms with Gasteiger partial charge >= 0.3 is 0 Å². The zero-order chi connectivity index (χ0) is 11.8. The Morgan fingerprint density at radius 3 is 2.94 bits per heavy atom. The summed E-state index contributed by atoms with van der Waals surface area (Å²) in [5, 5.41) is 1.02. The minimum absolute atomic E-state index is 0.0722. The average Bonchev–Trinajstić information content (AvgIpc) is 2.38. The number of benzene rings is 1. The molecule has 0 aliphatic heterocycles. The highest BCUT2D eigenvalue weighted by molar-refractivity contribution is 5.88. The average molecular weight is 227 g/mol. The van der Waals surface area contributed by atoms with Gasteiger partial charge in [0.1, 0.15) is 11.3 Å². The highest BCUT2D eigenvalue weighted by atomic mass is 16.5. The van der Waals surface area contributed by atoms with Gasteiger partial charge in [-0.25, -0.2) is 4.98 Å². The molecule has 4 nitrogen and oxygen atoms in total. The molecule has 1 aromatic carbocycles. The Bertz CT molecular complexity index is 761. The molecular formula is C13H9NO3. The number of aromatic nitrogens is 1. The Morgan fingerprint density at radius 1 is 1.24 bits per heavy atom. The summed E-state index contributed by atoms with van der Waals surface area (Å²) in [5.74, 6) is 0.649. The van der Waals surface area contributed by atoms with E-state index in [0.717, 1.165) is 0 Å². The van der Waals surface area contributed by atoms with E-state index in [0.29, 0.717) is 27.8 Å². The largest absolute Gasteiger partial charge is 0.497 e. The van der Waals surface area contributed by atoms with Crippen LogP contribution in [0, 0.1) is 0 Å². The van der Waals surface area contributed by atoms with E-state index >= 15 is 0 Å². The Labute approximate surface area is 96.5 Å². The van der Waals surface area contributed by atoms with Crippen molar-refractivity contribution in [3.05, 3.63) is 46.8 Å². The molecule has 0 N–H and O–H groups in total. The maximum absolute atomic E-state index is 12.1. The highest BCUT2D eigenvalue weighted by Gasteiger charge is 2.08. The molecule has 0 bridgehead atoms. The van der Waals surface area contributed by atoms with Crippen LogP contribution < -0.4 is 10.2 Å². The second-order valence-electron chi connectivity index (χ2n) is 3.65. The van der Waals surface area contributed by atoms with E-state index in [4.69, 9.17) is 9.15 Å². The van der Waals surface area contributed by atoms with Gasteiger partial charge in [0.2, 0.25) is 11.1 Å². The second-order valence-corrected chi connectivity index (χ2v) is 3.65. The van der Waals surface area contributed by atoms with Gasteiger partial charge in [-0.15, -0.1) is 0 Å². The third kappa shape index (κ3) is 1.45. The summed E-state index contributed by atoms with van der Waals surface area (Å²) in [4.78, 5) is 16.2. The first-order valence-corrected chi connectivity index (χ1v) is 5.15. The lowest BCUT2D eigenvalue weighted by atomic mass is 10.2. The Morgan fingerprint density at radius 2 is 2.12 bits per heavy atom. The van der Waals surface area contributed by atoms with Crippen molar-refractivity contribution in [1.82, 2.24) is 4.98 Å². The van der Waals surface area contributed by atoms with Gasteiger partial charge in [-0.1, -0.05) is 0 Å². The predicted molar refractivity (Wildman–Crippen MR) is 64.3 cm³/mol. The molecule has 0 radical (unpaired) electrons. The first-order valence-electron chi connectivity index (χ1n) is 5.15. The van der Waals surface area contributed by atoms with E-state index < -0.39 is 0 Å². The molecule has 84 valence electrons. The summed E-state index contributed by atoms with van der Waals surface area (Å²) in [6.45, 7) is 0. The number of ether oxygens (including phenoxy) is 1. The number of methoxy groups -OCH3 is 1. The maximum atomic E-state index is 12.1. The fourth-order valence-electron chi connectivity index (χ4n) is 1.80. The van der Waals surface area contributed by atoms with Crippen LogP contribution in [0.3, 0.4) is 0 Å². The first-order chi connectivity index (χ1) is 8.29. The normalized spacial score (nSPS) is 10.9. The fraction of sp³-hybridized carbons (Fsp3) is 0.0769. The van der Waals surface area contributed by atoms with Crippen molar-refractivity contribution < 1.29 is 9.15 Å². The van der Waals surface area contributed by atoms with Crippen molar-refractivity contribution in [2.45, 2.75) is 0 Å². The molecular weight excluding hydrogens is 218 g/mol. The Kier molecular flexibility index (Phi) is 2.08. The smallest absolute Gasteiger partial charge is 0.230 e. The number of fused-ring (bicyclic) bond motifs is 2. The van der Waals surface area contributed by atoms with E-state index in [9.17, 15) is 4.79 Å². The molecule has 0 unspecified atom stereocenters. The number of pyridine rings is 1. The van der Waals surface area contributed by atoms with Crippen LogP contribution in [-0.4, -0.2) is 12.1 Å². The molecule has 0 aliphatic rings. The standard InChI is InChI=1S/C13H9NO3/c1-16-8-4-5-9-11(7-8)17-13-10(12(9)15)3-2-6-14-13/h2-7H,1H3. The highest BCUT2D eigenvalue weighted by Crippen LogP contribution is 2.21. The van der Waals surface area contributed by atoms with Crippen molar-refractivity contribution in [3.63, 3.8) is 0 Å². The Hall–Kier alpha value is -2.36. The van der Waals surface area contributed by atoms with Crippen LogP contribution in [0.1, 0.15) is 0 Å². The van der Waals surface area contributed by atoms with Gasteiger partial charge in [0.25, 0.3) is 0 Å². The van der Waals surface area contributed by atoms with Crippen LogP contribution in [0.2, 0.25) is 0 Å². The molecule has 3 aromatic rings. The monoisotopic (exact) mass is 227 g/mol. The zero-order valence-electron chi connectivity index (χ0n) is 9.14. The number of hydrogen-bond acceptors (Lipinski definition) is 4. The number of nitrogens with zero attached hydrogens (tertiary/aromatic N) is 1. The number of hydrogen-bond donors (Lipinski definition) is 0. The lowest BCUT2D eigenvalue weighted by molar-refractivity contribution is 0.414. The van der Waals surface area contributed by atoms with Crippen LogP contribution in [0.4, 0.5) is 0 Å². The van der Waals surface area contributed by atoms with Gasteiger partial charge in [-0.05, 0) is 24.3 Å². The van der Waals surface area contributed by atoms with E-state index in [1.807, 2.05) is 0 Å². The van der Waals surface area contributed by atoms with Crippen molar-refractivity contribution in [1.29, 1.82) is 0 Å². The molecule has 3 rings (SSSR count). The van der Waals surface area contributed by atoms with Crippen molar-refractivity contribution >= 4 is 22.1 Å². The van der Waals surface area contributed by atoms with E-state index in [1.165, 1.54) is 0 Å². The molecule has 0 saturated carbocycles. The van der Waals surface area contributed by atoms with Gasteiger partial charge < -0.3 is 9.15 Å². The van der Waals surface area contributed by atoms with Crippen LogP contribution in [0.25, 0.3) is 22.1 Å². The lowest BCUT2D eigenvalue weighted by Crippen LogP contribution is -2.02. The molecule has 0 fully saturated rings. The summed E-state index contributed by atoms with van der Waals surface area (Å²) >= 11 is 0. The van der Waals surface area contributed by atoms with Crippen molar-refractivity contribution in [2.24, 2.45) is 0 Å². The topological polar surface area (TPSA) is 52.3 Å². The van der Waals surface area contributed by atoms with Gasteiger partial charge in [0.05, 0.1) is 17.9 Å². The van der Waals surface area contributed by atoms with Gasteiger partial charge in [0.15, 0.2) is 0 Å². The van der Waals surface area contributed by atoms with Crippen molar-refractivity contribution in [3.8, 4) is 5.75 Å². The SMILES string of the molecule is COc1ccc2c(=O)c3cccnc3oc2c1. The summed E-state index contributed by atoms with van der Waals surface area (Å²) in [7, 11) is 1.57. The predicted octanol–water partition coefficient (Wildman–Crippen LogP) is 2.35. The maximum Gasteiger partial charge on any atom is 0.230 e. The third-order valence-electron chi connectivity index (χ3n) is 2.66. The molecule has 4 heteroatoms. The van der Waals surface area contributed by atoms with E-state index in [2.05, 4.69) is 4.98 Å². The van der Waals surface area contributed by atoms with E-state index in [1.54, 1.807) is 43.6 Å². The van der Waals surface area contributed by atoms with Gasteiger partial charge in [0, 0.05) is 12.3 Å². The lowest BCUT2D eigenvalue weighted by Gasteiger charge is -2.02. The van der Waals surface area contributed by atoms with Crippen LogP contribution in [-0.2, 0) is 0 Å². The van der Waals surface area contributed by atoms with Gasteiger partial charge in [-0.3, -0.25) is 4.79 Å². The molecule has 2 heterocycles. The zero-order valence-corrected chi connectivity index (χ0v) is 9.14. The van der Waals surface area contributed by atoms with Crippen LogP contribution in [0.15, 0.2) is 45.7 Å². The van der Waals surface area contributed by atoms with E-state index in [-0.39, 0.29) is 5.43 Å². The molecule has 0 amide bonds. The molecule has 17 heavy (non-hydrogen) atoms. The molecule has 0 saturated heterocycles. The fourth-order valence-corrected chi connectivity index (χ4v) is 1.80. The molecule has 0 atom stereocenters. The second kappa shape index (κ2) is 3.59. The molecule has 2 aromatic heterocycles. The minimum Gasteiger partial charge on any atom is -0.497 e. The molecule has 0 spiro atoms. The summed E-state index contributed by atoms with van der Waals surface area (Å²) in [6, 6.07) is 8.55. The summed E-state index contributed by atoms with van der Waals surface area (Å²) in [6.07, 6.45) is 1.59. The first kappa shape index (κ1) is 9.84. The van der Waals surface area contributed by atoms with Crippen LogP contribution in [0.5, 0.6) is 5.75 Å². The van der Waals surface area contributed by atoms with Crippen LogP contribution >= 0.6 is 0 Å². The Balaban J connectivity index is 2.50. The molecule has 0 aliphatic carbocycles.